The Hall–Kier alpha value is -1.88. The summed E-state index contributed by atoms with van der Waals surface area (Å²) < 4.78 is 27.5. The van der Waals surface area contributed by atoms with Gasteiger partial charge in [0.15, 0.2) is 0 Å². The van der Waals surface area contributed by atoms with E-state index in [4.69, 9.17) is 0 Å². The van der Waals surface area contributed by atoms with Gasteiger partial charge < -0.3 is 5.32 Å². The van der Waals surface area contributed by atoms with Crippen molar-refractivity contribution in [3.63, 3.8) is 0 Å². The molecule has 0 aliphatic rings. The number of nitrogens with zero attached hydrogens (tertiary/aromatic N) is 2. The van der Waals surface area contributed by atoms with Gasteiger partial charge in [-0.3, -0.25) is 0 Å². The fraction of sp³-hybridized carbons (Fsp3) is 0.333. The molecule has 0 saturated carbocycles. The number of hydrogen-bond acceptors (Lipinski definition) is 3. The number of nitrogens with one attached hydrogen (secondary N) is 1. The summed E-state index contributed by atoms with van der Waals surface area (Å²) in [6.45, 7) is 2.81. The predicted molar refractivity (Wildman–Crippen MR) is 73.1 cm³/mol. The molecule has 0 bridgehead atoms. The Labute approximate surface area is 117 Å². The first-order valence-electron chi connectivity index (χ1n) is 6.65. The Balaban J connectivity index is 2.24. The quantitative estimate of drug-likeness (QED) is 0.882. The second kappa shape index (κ2) is 7.05. The first-order chi connectivity index (χ1) is 9.72. The molecule has 2 aromatic rings. The van der Waals surface area contributed by atoms with E-state index in [1.807, 2.05) is 6.92 Å². The van der Waals surface area contributed by atoms with Crippen LogP contribution in [0, 0.1) is 11.6 Å². The van der Waals surface area contributed by atoms with Crippen LogP contribution >= 0.6 is 0 Å². The summed E-state index contributed by atoms with van der Waals surface area (Å²) in [5, 5.41) is 10.8. The van der Waals surface area contributed by atoms with Crippen molar-refractivity contribution in [3.05, 3.63) is 59.4 Å². The van der Waals surface area contributed by atoms with Crippen molar-refractivity contribution in [3.8, 4) is 0 Å². The van der Waals surface area contributed by atoms with Gasteiger partial charge in [-0.05, 0) is 43.1 Å². The minimum atomic E-state index is -0.518. The summed E-state index contributed by atoms with van der Waals surface area (Å²) in [4.78, 5) is 0. The Morgan fingerprint density at radius 1 is 1.15 bits per heavy atom. The van der Waals surface area contributed by atoms with Crippen molar-refractivity contribution >= 4 is 0 Å². The van der Waals surface area contributed by atoms with Crippen LogP contribution in [0.25, 0.3) is 0 Å². The van der Waals surface area contributed by atoms with Crippen LogP contribution in [0.2, 0.25) is 0 Å². The molecule has 1 unspecified atom stereocenters. The zero-order chi connectivity index (χ0) is 14.4. The van der Waals surface area contributed by atoms with Crippen molar-refractivity contribution < 1.29 is 8.78 Å². The average molecular weight is 277 g/mol. The summed E-state index contributed by atoms with van der Waals surface area (Å²) >= 11 is 0. The Bertz CT molecular complexity index is 526. The predicted octanol–water partition coefficient (Wildman–Crippen LogP) is 3.04. The lowest BCUT2D eigenvalue weighted by molar-refractivity contribution is 0.488. The standard InChI is InChI=1S/C15H17F2N3/c1-2-7-18-15(11-6-8-19-20-10-11)9-12-13(16)4-3-5-14(12)17/h3-6,8,10,15,18H,2,7,9H2,1H3. The van der Waals surface area contributed by atoms with Crippen LogP contribution < -0.4 is 5.32 Å². The van der Waals surface area contributed by atoms with E-state index in [2.05, 4.69) is 15.5 Å². The molecule has 0 aliphatic carbocycles. The highest BCUT2D eigenvalue weighted by Gasteiger charge is 2.17. The van der Waals surface area contributed by atoms with E-state index < -0.39 is 11.6 Å². The van der Waals surface area contributed by atoms with Crippen molar-refractivity contribution in [2.24, 2.45) is 0 Å². The normalized spacial score (nSPS) is 12.3. The number of hydrogen-bond donors (Lipinski definition) is 1. The lowest BCUT2D eigenvalue weighted by Gasteiger charge is -2.19. The molecule has 0 spiro atoms. The molecule has 5 heteroatoms. The lowest BCUT2D eigenvalue weighted by atomic mass is 9.99. The molecule has 1 N–H and O–H groups in total. The molecule has 20 heavy (non-hydrogen) atoms. The van der Waals surface area contributed by atoms with Crippen molar-refractivity contribution in [2.45, 2.75) is 25.8 Å². The van der Waals surface area contributed by atoms with Gasteiger partial charge in [0.05, 0.1) is 6.20 Å². The Morgan fingerprint density at radius 2 is 1.90 bits per heavy atom. The number of halogens is 2. The molecule has 1 heterocycles. The molecule has 1 aromatic carbocycles. The average Bonchev–Trinajstić information content (AvgIpc) is 2.47. The fourth-order valence-corrected chi connectivity index (χ4v) is 2.06. The second-order valence-electron chi connectivity index (χ2n) is 4.59. The first kappa shape index (κ1) is 14.5. The molecule has 0 fully saturated rings. The third kappa shape index (κ3) is 3.57. The van der Waals surface area contributed by atoms with E-state index in [0.29, 0.717) is 0 Å². The first-order valence-corrected chi connectivity index (χ1v) is 6.65. The van der Waals surface area contributed by atoms with E-state index in [1.165, 1.54) is 18.2 Å². The fourth-order valence-electron chi connectivity index (χ4n) is 2.06. The maximum atomic E-state index is 13.8. The smallest absolute Gasteiger partial charge is 0.129 e. The minimum Gasteiger partial charge on any atom is -0.310 e. The monoisotopic (exact) mass is 277 g/mol. The van der Waals surface area contributed by atoms with Crippen LogP contribution in [-0.4, -0.2) is 16.7 Å². The molecule has 0 aliphatic heterocycles. The summed E-state index contributed by atoms with van der Waals surface area (Å²) in [6.07, 6.45) is 4.37. The SMILES string of the molecule is CCCNC(Cc1c(F)cccc1F)c1ccnnc1. The molecule has 106 valence electrons. The molecule has 0 amide bonds. The van der Waals surface area contributed by atoms with E-state index in [-0.39, 0.29) is 18.0 Å². The molecule has 1 aromatic heterocycles. The molecule has 2 rings (SSSR count). The second-order valence-corrected chi connectivity index (χ2v) is 4.59. The highest BCUT2D eigenvalue weighted by molar-refractivity contribution is 5.23. The van der Waals surface area contributed by atoms with Crippen LogP contribution in [0.1, 0.15) is 30.5 Å². The van der Waals surface area contributed by atoms with Gasteiger partial charge in [0.2, 0.25) is 0 Å². The van der Waals surface area contributed by atoms with E-state index in [9.17, 15) is 8.78 Å². The van der Waals surface area contributed by atoms with Gasteiger partial charge in [0.1, 0.15) is 11.6 Å². The molecule has 3 nitrogen and oxygen atoms in total. The zero-order valence-corrected chi connectivity index (χ0v) is 11.3. The van der Waals surface area contributed by atoms with E-state index in [1.54, 1.807) is 18.5 Å². The maximum absolute atomic E-state index is 13.8. The molecule has 0 radical (unpaired) electrons. The van der Waals surface area contributed by atoms with Gasteiger partial charge in [-0.25, -0.2) is 8.78 Å². The largest absolute Gasteiger partial charge is 0.310 e. The van der Waals surface area contributed by atoms with Crippen molar-refractivity contribution in [1.82, 2.24) is 15.5 Å². The molecule has 1 atom stereocenters. The third-order valence-electron chi connectivity index (χ3n) is 3.12. The van der Waals surface area contributed by atoms with Gasteiger partial charge in [-0.15, -0.1) is 0 Å². The third-order valence-corrected chi connectivity index (χ3v) is 3.12. The summed E-state index contributed by atoms with van der Waals surface area (Å²) in [7, 11) is 0. The molecular formula is C15H17F2N3. The number of benzene rings is 1. The Kier molecular flexibility index (Phi) is 5.12. The number of rotatable bonds is 6. The summed E-state index contributed by atoms with van der Waals surface area (Å²) in [5.41, 5.74) is 0.967. The van der Waals surface area contributed by atoms with Gasteiger partial charge in [-0.1, -0.05) is 13.0 Å². The summed E-state index contributed by atoms with van der Waals surface area (Å²) in [6, 6.07) is 5.55. The topological polar surface area (TPSA) is 37.8 Å². The van der Waals surface area contributed by atoms with E-state index in [0.717, 1.165) is 18.5 Å². The van der Waals surface area contributed by atoms with Crippen LogP contribution in [-0.2, 0) is 6.42 Å². The van der Waals surface area contributed by atoms with Crippen molar-refractivity contribution in [2.75, 3.05) is 6.54 Å². The maximum Gasteiger partial charge on any atom is 0.129 e. The molecule has 0 saturated heterocycles. The zero-order valence-electron chi connectivity index (χ0n) is 11.3. The van der Waals surface area contributed by atoms with Crippen LogP contribution in [0.4, 0.5) is 8.78 Å². The number of aromatic nitrogens is 2. The van der Waals surface area contributed by atoms with Gasteiger partial charge in [0.25, 0.3) is 0 Å². The highest BCUT2D eigenvalue weighted by Crippen LogP contribution is 2.21. The van der Waals surface area contributed by atoms with Gasteiger partial charge in [-0.2, -0.15) is 10.2 Å². The minimum absolute atomic E-state index is 0.0953. The van der Waals surface area contributed by atoms with Gasteiger partial charge >= 0.3 is 0 Å². The van der Waals surface area contributed by atoms with Crippen LogP contribution in [0.15, 0.2) is 36.7 Å². The highest BCUT2D eigenvalue weighted by atomic mass is 19.1. The van der Waals surface area contributed by atoms with E-state index >= 15 is 0 Å². The molecular weight excluding hydrogens is 260 g/mol. The lowest BCUT2D eigenvalue weighted by Crippen LogP contribution is -2.25. The van der Waals surface area contributed by atoms with Crippen LogP contribution in [0.5, 0.6) is 0 Å². The summed E-state index contributed by atoms with van der Waals surface area (Å²) in [5.74, 6) is -1.04. The van der Waals surface area contributed by atoms with Crippen LogP contribution in [0.3, 0.4) is 0 Å². The van der Waals surface area contributed by atoms with Crippen molar-refractivity contribution in [1.29, 1.82) is 0 Å². The Morgan fingerprint density at radius 3 is 2.50 bits per heavy atom. The van der Waals surface area contributed by atoms with Gasteiger partial charge in [0, 0.05) is 17.8 Å².